The third-order valence-corrected chi connectivity index (χ3v) is 5.26. The van der Waals surface area contributed by atoms with Crippen molar-refractivity contribution in [1.82, 2.24) is 5.32 Å². The van der Waals surface area contributed by atoms with Crippen LogP contribution in [0.5, 0.6) is 0 Å². The van der Waals surface area contributed by atoms with Crippen molar-refractivity contribution in [2.75, 3.05) is 6.61 Å². The second kappa shape index (κ2) is 5.47. The van der Waals surface area contributed by atoms with Crippen molar-refractivity contribution in [2.45, 2.75) is 38.0 Å². The normalized spacial score (nSPS) is 32.1. The van der Waals surface area contributed by atoms with E-state index in [0.717, 1.165) is 29.5 Å². The Bertz CT molecular complexity index is 535. The number of ether oxygens (including phenoxy) is 1. The monoisotopic (exact) mass is 338 g/mol. The molecule has 1 heterocycles. The molecule has 0 spiro atoms. The zero-order valence-corrected chi connectivity index (χ0v) is 13.0. The molecule has 4 nitrogen and oxygen atoms in total. The molecule has 108 valence electrons. The van der Waals surface area contributed by atoms with E-state index in [1.807, 2.05) is 25.1 Å². The SMILES string of the molecule is Cc1ccc(C(=O)NC2C(N)C3CCCOC32)cc1Br. The molecule has 5 heteroatoms. The molecule has 1 amide bonds. The van der Waals surface area contributed by atoms with Gasteiger partial charge in [-0.1, -0.05) is 22.0 Å². The summed E-state index contributed by atoms with van der Waals surface area (Å²) in [7, 11) is 0. The van der Waals surface area contributed by atoms with Crippen LogP contribution in [0.1, 0.15) is 28.8 Å². The lowest BCUT2D eigenvalue weighted by atomic mass is 9.68. The predicted molar refractivity (Wildman–Crippen MR) is 80.6 cm³/mol. The van der Waals surface area contributed by atoms with Gasteiger partial charge in [0.1, 0.15) is 0 Å². The minimum Gasteiger partial charge on any atom is -0.376 e. The highest BCUT2D eigenvalue weighted by atomic mass is 79.9. The zero-order chi connectivity index (χ0) is 14.3. The molecule has 1 aromatic carbocycles. The first-order valence-corrected chi connectivity index (χ1v) is 7.81. The van der Waals surface area contributed by atoms with E-state index >= 15 is 0 Å². The van der Waals surface area contributed by atoms with Crippen molar-refractivity contribution in [3.63, 3.8) is 0 Å². The lowest BCUT2D eigenvalue weighted by Crippen LogP contribution is -2.72. The molecule has 4 atom stereocenters. The highest BCUT2D eigenvalue weighted by Gasteiger charge is 2.51. The van der Waals surface area contributed by atoms with Crippen molar-refractivity contribution in [3.8, 4) is 0 Å². The number of hydrogen-bond donors (Lipinski definition) is 2. The summed E-state index contributed by atoms with van der Waals surface area (Å²) >= 11 is 3.45. The second-order valence-electron chi connectivity index (χ2n) is 5.68. The zero-order valence-electron chi connectivity index (χ0n) is 11.4. The Labute approximate surface area is 127 Å². The largest absolute Gasteiger partial charge is 0.376 e. The Morgan fingerprint density at radius 3 is 3.05 bits per heavy atom. The molecule has 1 aliphatic carbocycles. The number of nitrogens with one attached hydrogen (secondary N) is 1. The number of aryl methyl sites for hydroxylation is 1. The summed E-state index contributed by atoms with van der Waals surface area (Å²) in [6, 6.07) is 5.55. The van der Waals surface area contributed by atoms with Crippen LogP contribution in [0.15, 0.2) is 22.7 Å². The van der Waals surface area contributed by atoms with E-state index in [1.54, 1.807) is 0 Å². The average Bonchev–Trinajstić information content (AvgIpc) is 2.47. The van der Waals surface area contributed by atoms with Crippen LogP contribution < -0.4 is 11.1 Å². The predicted octanol–water partition coefficient (Wildman–Crippen LogP) is 1.99. The number of hydrogen-bond acceptors (Lipinski definition) is 3. The van der Waals surface area contributed by atoms with Gasteiger partial charge in [0, 0.05) is 28.6 Å². The standard InChI is InChI=1S/C15H19BrN2O2/c1-8-4-5-9(7-11(8)16)15(19)18-13-12(17)10-3-2-6-20-14(10)13/h4-5,7,10,12-14H,2-3,6,17H2,1H3,(H,18,19). The van der Waals surface area contributed by atoms with Crippen molar-refractivity contribution in [3.05, 3.63) is 33.8 Å². The number of carbonyl (C=O) groups excluding carboxylic acids is 1. The molecule has 2 fully saturated rings. The molecule has 0 bridgehead atoms. The lowest BCUT2D eigenvalue weighted by Gasteiger charge is -2.52. The molecular formula is C15H19BrN2O2. The van der Waals surface area contributed by atoms with Gasteiger partial charge in [-0.3, -0.25) is 4.79 Å². The maximum Gasteiger partial charge on any atom is 0.251 e. The van der Waals surface area contributed by atoms with Crippen LogP contribution in [0.3, 0.4) is 0 Å². The van der Waals surface area contributed by atoms with Gasteiger partial charge in [0.25, 0.3) is 5.91 Å². The van der Waals surface area contributed by atoms with Crippen LogP contribution >= 0.6 is 15.9 Å². The Kier molecular flexibility index (Phi) is 3.84. The Morgan fingerprint density at radius 2 is 2.30 bits per heavy atom. The van der Waals surface area contributed by atoms with E-state index < -0.39 is 0 Å². The third kappa shape index (κ3) is 2.38. The summed E-state index contributed by atoms with van der Waals surface area (Å²) in [5.74, 6) is 0.317. The Morgan fingerprint density at radius 1 is 1.50 bits per heavy atom. The third-order valence-electron chi connectivity index (χ3n) is 4.41. The molecule has 20 heavy (non-hydrogen) atoms. The van der Waals surface area contributed by atoms with E-state index in [9.17, 15) is 4.79 Å². The fourth-order valence-electron chi connectivity index (χ4n) is 3.09. The lowest BCUT2D eigenvalue weighted by molar-refractivity contribution is -0.117. The van der Waals surface area contributed by atoms with Gasteiger partial charge in [-0.25, -0.2) is 0 Å². The number of rotatable bonds is 2. The molecule has 4 unspecified atom stereocenters. The van der Waals surface area contributed by atoms with E-state index in [1.165, 1.54) is 0 Å². The van der Waals surface area contributed by atoms with E-state index in [2.05, 4.69) is 21.2 Å². The number of nitrogens with two attached hydrogens (primary N) is 1. The fourth-order valence-corrected chi connectivity index (χ4v) is 3.47. The van der Waals surface area contributed by atoms with Gasteiger partial charge in [0.2, 0.25) is 0 Å². The number of fused-ring (bicyclic) bond motifs is 1. The van der Waals surface area contributed by atoms with Crippen LogP contribution in [0.2, 0.25) is 0 Å². The summed E-state index contributed by atoms with van der Waals surface area (Å²) < 4.78 is 6.68. The average molecular weight is 339 g/mol. The quantitative estimate of drug-likeness (QED) is 0.866. The van der Waals surface area contributed by atoms with Crippen LogP contribution in [0.25, 0.3) is 0 Å². The van der Waals surface area contributed by atoms with Crippen LogP contribution in [-0.2, 0) is 4.74 Å². The van der Waals surface area contributed by atoms with Gasteiger partial charge in [-0.15, -0.1) is 0 Å². The van der Waals surface area contributed by atoms with Gasteiger partial charge < -0.3 is 15.8 Å². The maximum absolute atomic E-state index is 12.3. The van der Waals surface area contributed by atoms with Gasteiger partial charge in [-0.2, -0.15) is 0 Å². The molecular weight excluding hydrogens is 320 g/mol. The van der Waals surface area contributed by atoms with E-state index in [4.69, 9.17) is 10.5 Å². The van der Waals surface area contributed by atoms with Gasteiger partial charge in [0.15, 0.2) is 0 Å². The van der Waals surface area contributed by atoms with Crippen molar-refractivity contribution in [1.29, 1.82) is 0 Å². The summed E-state index contributed by atoms with van der Waals surface area (Å²) in [6.07, 6.45) is 2.27. The molecule has 1 saturated heterocycles. The summed E-state index contributed by atoms with van der Waals surface area (Å²) in [5.41, 5.74) is 7.91. The highest BCUT2D eigenvalue weighted by molar-refractivity contribution is 9.10. The Hall–Kier alpha value is -0.910. The van der Waals surface area contributed by atoms with Crippen LogP contribution in [-0.4, -0.2) is 30.7 Å². The number of halogens is 1. The van der Waals surface area contributed by atoms with Crippen LogP contribution in [0, 0.1) is 12.8 Å². The molecule has 1 aromatic rings. The van der Waals surface area contributed by atoms with Crippen molar-refractivity contribution < 1.29 is 9.53 Å². The molecule has 1 saturated carbocycles. The van der Waals surface area contributed by atoms with Crippen LogP contribution in [0.4, 0.5) is 0 Å². The fraction of sp³-hybridized carbons (Fsp3) is 0.533. The molecule has 0 aromatic heterocycles. The van der Waals surface area contributed by atoms with Gasteiger partial charge in [0.05, 0.1) is 12.1 Å². The molecule has 3 N–H and O–H groups in total. The number of benzene rings is 1. The van der Waals surface area contributed by atoms with Gasteiger partial charge in [-0.05, 0) is 37.5 Å². The topological polar surface area (TPSA) is 64.4 Å². The molecule has 1 aliphatic heterocycles. The Balaban J connectivity index is 1.68. The molecule has 3 rings (SSSR count). The highest BCUT2D eigenvalue weighted by Crippen LogP contribution is 2.37. The summed E-state index contributed by atoms with van der Waals surface area (Å²) in [4.78, 5) is 12.3. The summed E-state index contributed by atoms with van der Waals surface area (Å²) in [6.45, 7) is 2.77. The van der Waals surface area contributed by atoms with E-state index in [-0.39, 0.29) is 24.1 Å². The first-order chi connectivity index (χ1) is 9.58. The minimum absolute atomic E-state index is 0.0122. The molecule has 0 radical (unpaired) electrons. The second-order valence-corrected chi connectivity index (χ2v) is 6.54. The maximum atomic E-state index is 12.3. The number of amides is 1. The van der Waals surface area contributed by atoms with Crippen molar-refractivity contribution >= 4 is 21.8 Å². The smallest absolute Gasteiger partial charge is 0.251 e. The minimum atomic E-state index is -0.0845. The summed E-state index contributed by atoms with van der Waals surface area (Å²) in [5, 5.41) is 3.02. The first kappa shape index (κ1) is 14.0. The van der Waals surface area contributed by atoms with E-state index in [0.29, 0.717) is 11.5 Å². The number of carbonyl (C=O) groups is 1. The first-order valence-electron chi connectivity index (χ1n) is 7.02. The van der Waals surface area contributed by atoms with Crippen molar-refractivity contribution in [2.24, 2.45) is 11.7 Å². The van der Waals surface area contributed by atoms with Gasteiger partial charge >= 0.3 is 0 Å². The molecule has 2 aliphatic rings.